The first-order chi connectivity index (χ1) is 10.9. The molecule has 1 heterocycles. The van der Waals surface area contributed by atoms with Gasteiger partial charge in [0.15, 0.2) is 0 Å². The van der Waals surface area contributed by atoms with Gasteiger partial charge in [-0.25, -0.2) is 0 Å². The Morgan fingerprint density at radius 2 is 1.96 bits per heavy atom. The largest absolute Gasteiger partial charge is 0.326 e. The molecule has 0 radical (unpaired) electrons. The Kier molecular flexibility index (Phi) is 5.77. The van der Waals surface area contributed by atoms with Crippen molar-refractivity contribution in [3.8, 4) is 11.3 Å². The number of carbonyl (C=O) groups is 1. The first-order valence-electron chi connectivity index (χ1n) is 7.74. The Bertz CT molecular complexity index is 663. The van der Waals surface area contributed by atoms with Crippen LogP contribution in [0.5, 0.6) is 0 Å². The van der Waals surface area contributed by atoms with Crippen LogP contribution in [0.1, 0.15) is 34.1 Å². The van der Waals surface area contributed by atoms with Gasteiger partial charge in [-0.1, -0.05) is 39.8 Å². The van der Waals surface area contributed by atoms with E-state index in [9.17, 15) is 4.79 Å². The Hall–Kier alpha value is -1.88. The highest BCUT2D eigenvalue weighted by Gasteiger charge is 2.16. The number of nitrogens with one attached hydrogen (secondary N) is 1. The highest BCUT2D eigenvalue weighted by molar-refractivity contribution is 7.99. The predicted octanol–water partition coefficient (Wildman–Crippen LogP) is 4.63. The Balaban J connectivity index is 2.11. The fourth-order valence-electron chi connectivity index (χ4n) is 2.14. The molecule has 0 aliphatic carbocycles. The molecule has 122 valence electrons. The van der Waals surface area contributed by atoms with E-state index in [0.29, 0.717) is 6.42 Å². The molecule has 2 rings (SSSR count). The van der Waals surface area contributed by atoms with Crippen LogP contribution in [0.4, 0.5) is 5.69 Å². The second-order valence-electron chi connectivity index (χ2n) is 6.56. The Morgan fingerprint density at radius 3 is 2.57 bits per heavy atom. The zero-order chi connectivity index (χ0) is 16.9. The highest BCUT2D eigenvalue weighted by atomic mass is 32.2. The van der Waals surface area contributed by atoms with Gasteiger partial charge in [-0.05, 0) is 35.4 Å². The van der Waals surface area contributed by atoms with E-state index in [-0.39, 0.29) is 11.3 Å². The van der Waals surface area contributed by atoms with E-state index in [1.165, 1.54) is 0 Å². The summed E-state index contributed by atoms with van der Waals surface area (Å²) in [4.78, 5) is 12.1. The van der Waals surface area contributed by atoms with E-state index in [4.69, 9.17) is 0 Å². The normalized spacial score (nSPS) is 11.3. The molecule has 0 atom stereocenters. The summed E-state index contributed by atoms with van der Waals surface area (Å²) in [7, 11) is 0. The maximum atomic E-state index is 12.1. The minimum atomic E-state index is -0.0278. The molecule has 0 unspecified atom stereocenters. The van der Waals surface area contributed by atoms with Gasteiger partial charge in [-0.3, -0.25) is 4.79 Å². The molecule has 1 aromatic heterocycles. The molecule has 5 heteroatoms. The lowest BCUT2D eigenvalue weighted by Crippen LogP contribution is -2.19. The number of benzene rings is 1. The summed E-state index contributed by atoms with van der Waals surface area (Å²) in [5.41, 5.74) is 2.50. The smallest absolute Gasteiger partial charge is 0.224 e. The van der Waals surface area contributed by atoms with Crippen molar-refractivity contribution in [3.63, 3.8) is 0 Å². The molecule has 0 spiro atoms. The summed E-state index contributed by atoms with van der Waals surface area (Å²) in [6.07, 6.45) is 0.486. The molecular formula is C18H23N3OS. The van der Waals surface area contributed by atoms with Crippen molar-refractivity contribution in [2.24, 2.45) is 5.41 Å². The molecule has 0 saturated heterocycles. The number of nitrogens with zero attached hydrogens (tertiary/aromatic N) is 2. The zero-order valence-electron chi connectivity index (χ0n) is 14.1. The third kappa shape index (κ3) is 5.67. The Labute approximate surface area is 142 Å². The van der Waals surface area contributed by atoms with E-state index < -0.39 is 0 Å². The van der Waals surface area contributed by atoms with Crippen molar-refractivity contribution in [2.75, 3.05) is 11.1 Å². The van der Waals surface area contributed by atoms with Crippen LogP contribution < -0.4 is 5.32 Å². The van der Waals surface area contributed by atoms with Gasteiger partial charge in [0, 0.05) is 17.7 Å². The summed E-state index contributed by atoms with van der Waals surface area (Å²) in [6.45, 7) is 8.24. The van der Waals surface area contributed by atoms with Crippen LogP contribution in [-0.4, -0.2) is 21.9 Å². The van der Waals surface area contributed by atoms with Crippen molar-refractivity contribution in [2.45, 2.75) is 39.1 Å². The first-order valence-corrected chi connectivity index (χ1v) is 8.73. The molecule has 23 heavy (non-hydrogen) atoms. The molecule has 1 amide bonds. The number of carbonyl (C=O) groups excluding carboxylic acids is 1. The van der Waals surface area contributed by atoms with Gasteiger partial charge in [0.1, 0.15) is 5.03 Å². The summed E-state index contributed by atoms with van der Waals surface area (Å²) < 4.78 is 0. The molecule has 0 fully saturated rings. The lowest BCUT2D eigenvalue weighted by Gasteiger charge is -2.17. The average molecular weight is 329 g/mol. The molecule has 1 aromatic carbocycles. The van der Waals surface area contributed by atoms with Crippen LogP contribution in [0.25, 0.3) is 11.3 Å². The van der Waals surface area contributed by atoms with E-state index in [1.54, 1.807) is 11.8 Å². The molecular weight excluding hydrogens is 306 g/mol. The maximum absolute atomic E-state index is 12.1. The topological polar surface area (TPSA) is 54.9 Å². The minimum absolute atomic E-state index is 0.0235. The molecule has 0 bridgehead atoms. The van der Waals surface area contributed by atoms with Crippen molar-refractivity contribution in [3.05, 3.63) is 36.4 Å². The van der Waals surface area contributed by atoms with E-state index in [0.717, 1.165) is 27.7 Å². The first kappa shape index (κ1) is 17.5. The fraction of sp³-hybridized carbons (Fsp3) is 0.389. The second-order valence-corrected chi connectivity index (χ2v) is 7.84. The van der Waals surface area contributed by atoms with Crippen molar-refractivity contribution < 1.29 is 4.79 Å². The number of amides is 1. The van der Waals surface area contributed by atoms with Gasteiger partial charge < -0.3 is 5.32 Å². The fourth-order valence-corrected chi connectivity index (χ4v) is 2.70. The molecule has 4 nitrogen and oxygen atoms in total. The molecule has 0 aliphatic heterocycles. The third-order valence-electron chi connectivity index (χ3n) is 3.07. The van der Waals surface area contributed by atoms with Crippen LogP contribution in [0.3, 0.4) is 0 Å². The van der Waals surface area contributed by atoms with Gasteiger partial charge in [0.25, 0.3) is 0 Å². The van der Waals surface area contributed by atoms with E-state index >= 15 is 0 Å². The number of hydrogen-bond donors (Lipinski definition) is 1. The molecule has 1 N–H and O–H groups in total. The van der Waals surface area contributed by atoms with Crippen molar-refractivity contribution >= 4 is 23.4 Å². The molecule has 0 aliphatic rings. The van der Waals surface area contributed by atoms with Gasteiger partial charge in [-0.15, -0.1) is 22.0 Å². The van der Waals surface area contributed by atoms with Crippen LogP contribution in [-0.2, 0) is 4.79 Å². The summed E-state index contributed by atoms with van der Waals surface area (Å²) in [5.74, 6) is 0.999. The zero-order valence-corrected chi connectivity index (χ0v) is 14.9. The van der Waals surface area contributed by atoms with Gasteiger partial charge in [0.2, 0.25) is 5.91 Å². The van der Waals surface area contributed by atoms with Crippen LogP contribution in [0.2, 0.25) is 0 Å². The SMILES string of the molecule is CCSc1ccc(-c2cccc(NC(=O)CC(C)(C)C)c2)nn1. The van der Waals surface area contributed by atoms with E-state index in [2.05, 4.69) is 43.2 Å². The second kappa shape index (κ2) is 7.59. The summed E-state index contributed by atoms with van der Waals surface area (Å²) in [5, 5.41) is 12.3. The molecule has 2 aromatic rings. The highest BCUT2D eigenvalue weighted by Crippen LogP contribution is 2.24. The Morgan fingerprint density at radius 1 is 1.17 bits per heavy atom. The van der Waals surface area contributed by atoms with Crippen LogP contribution in [0, 0.1) is 5.41 Å². The predicted molar refractivity (Wildman–Crippen MR) is 96.6 cm³/mol. The maximum Gasteiger partial charge on any atom is 0.224 e. The molecule has 0 saturated carbocycles. The number of thioether (sulfide) groups is 1. The summed E-state index contributed by atoms with van der Waals surface area (Å²) >= 11 is 1.67. The van der Waals surface area contributed by atoms with Crippen LogP contribution in [0.15, 0.2) is 41.4 Å². The van der Waals surface area contributed by atoms with Crippen molar-refractivity contribution in [1.82, 2.24) is 10.2 Å². The minimum Gasteiger partial charge on any atom is -0.326 e. The lowest BCUT2D eigenvalue weighted by molar-refractivity contribution is -0.117. The quantitative estimate of drug-likeness (QED) is 0.813. The number of anilines is 1. The van der Waals surface area contributed by atoms with E-state index in [1.807, 2.05) is 36.4 Å². The number of hydrogen-bond acceptors (Lipinski definition) is 4. The monoisotopic (exact) mass is 329 g/mol. The standard InChI is InChI=1S/C18H23N3OS/c1-5-23-17-10-9-15(20-21-17)13-7-6-8-14(11-13)19-16(22)12-18(2,3)4/h6-11H,5,12H2,1-4H3,(H,19,22). The summed E-state index contributed by atoms with van der Waals surface area (Å²) in [6, 6.07) is 11.6. The van der Waals surface area contributed by atoms with Gasteiger partial charge in [0.05, 0.1) is 5.69 Å². The van der Waals surface area contributed by atoms with Crippen LogP contribution >= 0.6 is 11.8 Å². The number of aromatic nitrogens is 2. The van der Waals surface area contributed by atoms with Gasteiger partial charge in [-0.2, -0.15) is 0 Å². The van der Waals surface area contributed by atoms with Crippen molar-refractivity contribution in [1.29, 1.82) is 0 Å². The third-order valence-corrected chi connectivity index (χ3v) is 3.87. The lowest BCUT2D eigenvalue weighted by atomic mass is 9.92. The average Bonchev–Trinajstić information content (AvgIpc) is 2.46. The van der Waals surface area contributed by atoms with Gasteiger partial charge >= 0.3 is 0 Å². The number of rotatable bonds is 5.